The maximum Gasteiger partial charge on any atom is 0.419 e. The van der Waals surface area contributed by atoms with Gasteiger partial charge in [-0.2, -0.15) is 13.2 Å². The summed E-state index contributed by atoms with van der Waals surface area (Å²) in [6.07, 6.45) is -4.51. The van der Waals surface area contributed by atoms with Crippen molar-refractivity contribution >= 4 is 17.7 Å². The highest BCUT2D eigenvalue weighted by Gasteiger charge is 2.42. The average molecular weight is 348 g/mol. The van der Waals surface area contributed by atoms with E-state index in [2.05, 4.69) is 0 Å². The molecule has 1 aliphatic heterocycles. The minimum Gasteiger partial charge on any atom is -0.480 e. The summed E-state index contributed by atoms with van der Waals surface area (Å²) in [7, 11) is 0. The van der Waals surface area contributed by atoms with E-state index in [-0.39, 0.29) is 18.8 Å². The third-order valence-electron chi connectivity index (χ3n) is 3.99. The van der Waals surface area contributed by atoms with Crippen LogP contribution in [0.3, 0.4) is 0 Å². The molecule has 0 unspecified atom stereocenters. The first-order valence-corrected chi connectivity index (χ1v) is 7.15. The second kappa shape index (κ2) is 5.95. The van der Waals surface area contributed by atoms with Crippen molar-refractivity contribution in [2.75, 3.05) is 18.0 Å². The molecule has 0 atom stereocenters. The Labute approximate surface area is 135 Å². The van der Waals surface area contributed by atoms with Crippen LogP contribution in [-0.4, -0.2) is 40.6 Å². The number of aliphatic carboxylic acids is 1. The van der Waals surface area contributed by atoms with Gasteiger partial charge < -0.3 is 10.0 Å². The van der Waals surface area contributed by atoms with Crippen LogP contribution in [0.4, 0.5) is 28.0 Å². The summed E-state index contributed by atoms with van der Waals surface area (Å²) in [5.41, 5.74) is -3.11. The van der Waals surface area contributed by atoms with Crippen LogP contribution in [0.15, 0.2) is 18.2 Å². The Morgan fingerprint density at radius 1 is 1.21 bits per heavy atom. The minimum absolute atomic E-state index is 0.119. The first-order chi connectivity index (χ1) is 11.0. The molecule has 1 N–H and O–H groups in total. The zero-order valence-electron chi connectivity index (χ0n) is 13.0. The predicted octanol–water partition coefficient (Wildman–Crippen LogP) is 3.34. The molecule has 24 heavy (non-hydrogen) atoms. The number of urea groups is 1. The van der Waals surface area contributed by atoms with Gasteiger partial charge in [0.05, 0.1) is 5.56 Å². The predicted molar refractivity (Wildman–Crippen MR) is 77.2 cm³/mol. The number of carboxylic acid groups (broad SMARTS) is 1. The summed E-state index contributed by atoms with van der Waals surface area (Å²) in [6, 6.07) is 1.55. The van der Waals surface area contributed by atoms with Crippen LogP contribution in [0.5, 0.6) is 0 Å². The van der Waals surface area contributed by atoms with Crippen molar-refractivity contribution in [1.29, 1.82) is 0 Å². The van der Waals surface area contributed by atoms with Crippen molar-refractivity contribution in [3.63, 3.8) is 0 Å². The van der Waals surface area contributed by atoms with Crippen molar-refractivity contribution < 1.29 is 32.3 Å². The van der Waals surface area contributed by atoms with Crippen molar-refractivity contribution in [3.8, 4) is 0 Å². The number of carbonyl (C=O) groups excluding carboxylic acids is 1. The van der Waals surface area contributed by atoms with E-state index >= 15 is 0 Å². The summed E-state index contributed by atoms with van der Waals surface area (Å²) in [4.78, 5) is 26.0. The molecular formula is C15H16F4N2O3. The fraction of sp³-hybridized carbons (Fsp3) is 0.467. The highest BCUT2D eigenvalue weighted by molar-refractivity contribution is 5.96. The second-order valence-electron chi connectivity index (χ2n) is 5.97. The van der Waals surface area contributed by atoms with E-state index in [0.29, 0.717) is 18.6 Å². The Balaban J connectivity index is 2.39. The maximum atomic E-state index is 13.4. The lowest BCUT2D eigenvalue weighted by molar-refractivity contribution is -0.147. The van der Waals surface area contributed by atoms with Gasteiger partial charge in [-0.05, 0) is 38.5 Å². The average Bonchev–Trinajstić information content (AvgIpc) is 2.46. The van der Waals surface area contributed by atoms with E-state index in [9.17, 15) is 32.3 Å². The van der Waals surface area contributed by atoms with Crippen LogP contribution in [0, 0.1) is 5.82 Å². The Morgan fingerprint density at radius 2 is 1.83 bits per heavy atom. The van der Waals surface area contributed by atoms with Crippen LogP contribution in [0.2, 0.25) is 0 Å². The van der Waals surface area contributed by atoms with Gasteiger partial charge in [0.1, 0.15) is 11.4 Å². The van der Waals surface area contributed by atoms with E-state index < -0.39 is 35.1 Å². The molecule has 2 rings (SSSR count). The van der Waals surface area contributed by atoms with Gasteiger partial charge in [0.2, 0.25) is 0 Å². The number of nitrogens with zero attached hydrogens (tertiary/aromatic N) is 2. The van der Waals surface area contributed by atoms with Gasteiger partial charge >= 0.3 is 18.2 Å². The topological polar surface area (TPSA) is 60.9 Å². The van der Waals surface area contributed by atoms with E-state index in [1.807, 2.05) is 0 Å². The number of hydrogen-bond acceptors (Lipinski definition) is 2. The zero-order valence-corrected chi connectivity index (χ0v) is 13.0. The molecule has 1 fully saturated rings. The quantitative estimate of drug-likeness (QED) is 0.853. The molecule has 1 aromatic carbocycles. The number of halogens is 4. The van der Waals surface area contributed by atoms with Gasteiger partial charge in [-0.1, -0.05) is 0 Å². The summed E-state index contributed by atoms with van der Waals surface area (Å²) >= 11 is 0. The summed E-state index contributed by atoms with van der Waals surface area (Å²) in [5, 5.41) is 9.24. The minimum atomic E-state index is -4.89. The van der Waals surface area contributed by atoms with Gasteiger partial charge in [0.15, 0.2) is 0 Å². The van der Waals surface area contributed by atoms with Gasteiger partial charge in [0.25, 0.3) is 0 Å². The molecule has 0 saturated carbocycles. The number of anilines is 1. The largest absolute Gasteiger partial charge is 0.480 e. The van der Waals surface area contributed by atoms with Gasteiger partial charge in [-0.15, -0.1) is 0 Å². The second-order valence-corrected chi connectivity index (χ2v) is 5.97. The van der Waals surface area contributed by atoms with E-state index in [1.165, 1.54) is 13.8 Å². The van der Waals surface area contributed by atoms with Crippen LogP contribution >= 0.6 is 0 Å². The zero-order chi connectivity index (χ0) is 18.3. The summed E-state index contributed by atoms with van der Waals surface area (Å²) in [5.74, 6) is -2.66. The summed E-state index contributed by atoms with van der Waals surface area (Å²) < 4.78 is 51.9. The molecule has 5 nitrogen and oxygen atoms in total. The number of alkyl halides is 3. The first kappa shape index (κ1) is 18.0. The number of carboxylic acids is 1. The van der Waals surface area contributed by atoms with Crippen LogP contribution in [-0.2, 0) is 11.0 Å². The first-order valence-electron chi connectivity index (χ1n) is 7.15. The molecule has 0 aromatic heterocycles. The van der Waals surface area contributed by atoms with Crippen molar-refractivity contribution in [2.45, 2.75) is 32.0 Å². The Hall–Kier alpha value is -2.32. The molecule has 0 spiro atoms. The highest BCUT2D eigenvalue weighted by atomic mass is 19.4. The lowest BCUT2D eigenvalue weighted by Gasteiger charge is -2.42. The normalized spacial score (nSPS) is 16.5. The number of benzene rings is 1. The van der Waals surface area contributed by atoms with E-state index in [1.54, 1.807) is 0 Å². The monoisotopic (exact) mass is 348 g/mol. The fourth-order valence-corrected chi connectivity index (χ4v) is 2.50. The Morgan fingerprint density at radius 3 is 2.38 bits per heavy atom. The van der Waals surface area contributed by atoms with Crippen molar-refractivity contribution in [3.05, 3.63) is 29.6 Å². The lowest BCUT2D eigenvalue weighted by atomic mass is 10.0. The number of rotatable bonds is 3. The molecule has 9 heteroatoms. The molecule has 132 valence electrons. The maximum absolute atomic E-state index is 13.4. The molecule has 2 amide bonds. The molecular weight excluding hydrogens is 332 g/mol. The third-order valence-corrected chi connectivity index (χ3v) is 3.99. The van der Waals surface area contributed by atoms with Crippen LogP contribution in [0.1, 0.15) is 25.8 Å². The molecule has 1 saturated heterocycles. The standard InChI is InChI=1S/C15H16F4N2O3/c1-14(2,12(22)23)21-7-3-6-20(13(21)24)9-4-5-11(16)10(8-9)15(17,18)19/h4-5,8H,3,6-7H2,1-2H3,(H,22,23). The lowest BCUT2D eigenvalue weighted by Crippen LogP contribution is -2.60. The molecule has 0 radical (unpaired) electrons. The number of hydrogen-bond donors (Lipinski definition) is 1. The molecule has 0 bridgehead atoms. The van der Waals surface area contributed by atoms with Gasteiger partial charge in [-0.3, -0.25) is 4.90 Å². The van der Waals surface area contributed by atoms with Gasteiger partial charge in [-0.25, -0.2) is 14.0 Å². The van der Waals surface area contributed by atoms with Gasteiger partial charge in [0, 0.05) is 18.8 Å². The van der Waals surface area contributed by atoms with E-state index in [4.69, 9.17) is 0 Å². The smallest absolute Gasteiger partial charge is 0.419 e. The van der Waals surface area contributed by atoms with E-state index in [0.717, 1.165) is 15.9 Å². The molecule has 1 heterocycles. The number of amides is 2. The number of carbonyl (C=O) groups is 2. The van der Waals surface area contributed by atoms with Crippen molar-refractivity contribution in [2.24, 2.45) is 0 Å². The fourth-order valence-electron chi connectivity index (χ4n) is 2.50. The summed E-state index contributed by atoms with van der Waals surface area (Å²) in [6.45, 7) is 2.96. The molecule has 1 aliphatic rings. The Kier molecular flexibility index (Phi) is 4.47. The van der Waals surface area contributed by atoms with Crippen molar-refractivity contribution in [1.82, 2.24) is 4.90 Å². The highest BCUT2D eigenvalue weighted by Crippen LogP contribution is 2.35. The SMILES string of the molecule is CC(C)(C(=O)O)N1CCCN(c2ccc(F)c(C(F)(F)F)c2)C1=O. The van der Waals surface area contributed by atoms with Crippen LogP contribution in [0.25, 0.3) is 0 Å². The van der Waals surface area contributed by atoms with Crippen LogP contribution < -0.4 is 4.90 Å². The Bertz CT molecular complexity index is 673. The molecule has 1 aromatic rings. The third kappa shape index (κ3) is 3.15. The molecule has 0 aliphatic carbocycles.